The molecule has 1 aliphatic carbocycles. The van der Waals surface area contributed by atoms with Crippen molar-refractivity contribution in [1.29, 1.82) is 0 Å². The summed E-state index contributed by atoms with van der Waals surface area (Å²) < 4.78 is 0. The van der Waals surface area contributed by atoms with Crippen molar-refractivity contribution < 1.29 is 0 Å². The molecule has 1 aliphatic rings. The molecule has 0 saturated heterocycles. The molecule has 0 radical (unpaired) electrons. The van der Waals surface area contributed by atoms with E-state index in [4.69, 9.17) is 5.73 Å². The summed E-state index contributed by atoms with van der Waals surface area (Å²) in [4.78, 5) is 0. The molecular formula is C10H21N. The number of hydrogen-bond donors (Lipinski definition) is 1. The second-order valence-electron chi connectivity index (χ2n) is 4.46. The van der Waals surface area contributed by atoms with Crippen LogP contribution in [-0.4, -0.2) is 5.54 Å². The lowest BCUT2D eigenvalue weighted by Gasteiger charge is -2.22. The molecule has 2 unspecified atom stereocenters. The minimum Gasteiger partial charge on any atom is -0.325 e. The van der Waals surface area contributed by atoms with Crippen molar-refractivity contribution in [2.24, 2.45) is 17.6 Å². The molecule has 0 aliphatic heterocycles. The van der Waals surface area contributed by atoms with Crippen LogP contribution in [0.2, 0.25) is 0 Å². The summed E-state index contributed by atoms with van der Waals surface area (Å²) in [5.41, 5.74) is 6.38. The molecule has 2 N–H and O–H groups in total. The van der Waals surface area contributed by atoms with Gasteiger partial charge in [0, 0.05) is 5.54 Å². The fraction of sp³-hybridized carbons (Fsp3) is 1.00. The molecule has 0 aromatic carbocycles. The summed E-state index contributed by atoms with van der Waals surface area (Å²) in [6, 6.07) is 0. The Bertz CT molecular complexity index is 131. The molecule has 1 saturated carbocycles. The van der Waals surface area contributed by atoms with Crippen molar-refractivity contribution >= 4 is 0 Å². The molecule has 0 heterocycles. The van der Waals surface area contributed by atoms with Crippen molar-refractivity contribution in [3.63, 3.8) is 0 Å². The van der Waals surface area contributed by atoms with Crippen LogP contribution in [0.1, 0.15) is 46.5 Å². The third-order valence-electron chi connectivity index (χ3n) is 3.33. The number of hydrogen-bond acceptors (Lipinski definition) is 1. The standard InChI is InChI=1S/C10H21N/c1-4-10(11)6-5-9(7-10)8(2)3/h8-9H,4-7,11H2,1-3H3. The summed E-state index contributed by atoms with van der Waals surface area (Å²) in [7, 11) is 0. The highest BCUT2D eigenvalue weighted by Crippen LogP contribution is 2.38. The zero-order valence-electron chi connectivity index (χ0n) is 8.06. The maximum atomic E-state index is 6.19. The zero-order chi connectivity index (χ0) is 8.48. The molecule has 0 spiro atoms. The van der Waals surface area contributed by atoms with Gasteiger partial charge in [-0.3, -0.25) is 0 Å². The molecule has 66 valence electrons. The first-order valence-corrected chi connectivity index (χ1v) is 4.86. The monoisotopic (exact) mass is 155 g/mol. The lowest BCUT2D eigenvalue weighted by molar-refractivity contribution is 0.349. The fourth-order valence-electron chi connectivity index (χ4n) is 2.09. The minimum absolute atomic E-state index is 0.189. The van der Waals surface area contributed by atoms with Crippen molar-refractivity contribution in [2.75, 3.05) is 0 Å². The van der Waals surface area contributed by atoms with E-state index < -0.39 is 0 Å². The normalized spacial score (nSPS) is 38.5. The minimum atomic E-state index is 0.189. The van der Waals surface area contributed by atoms with Gasteiger partial charge in [-0.15, -0.1) is 0 Å². The SMILES string of the molecule is CCC1(N)CCC(C(C)C)C1. The van der Waals surface area contributed by atoms with Crippen LogP contribution in [0.3, 0.4) is 0 Å². The number of nitrogens with two attached hydrogens (primary N) is 1. The van der Waals surface area contributed by atoms with E-state index in [2.05, 4.69) is 20.8 Å². The average molecular weight is 155 g/mol. The van der Waals surface area contributed by atoms with Gasteiger partial charge in [-0.1, -0.05) is 20.8 Å². The van der Waals surface area contributed by atoms with Crippen LogP contribution in [0.25, 0.3) is 0 Å². The first kappa shape index (κ1) is 9.05. The molecule has 1 rings (SSSR count). The van der Waals surface area contributed by atoms with Gasteiger partial charge in [0.2, 0.25) is 0 Å². The quantitative estimate of drug-likeness (QED) is 0.651. The van der Waals surface area contributed by atoms with Gasteiger partial charge in [0.1, 0.15) is 0 Å². The van der Waals surface area contributed by atoms with Crippen molar-refractivity contribution in [3.05, 3.63) is 0 Å². The molecule has 2 atom stereocenters. The van der Waals surface area contributed by atoms with Crippen LogP contribution in [0, 0.1) is 11.8 Å². The molecule has 1 nitrogen and oxygen atoms in total. The van der Waals surface area contributed by atoms with Crippen LogP contribution in [0.15, 0.2) is 0 Å². The van der Waals surface area contributed by atoms with Crippen molar-refractivity contribution in [3.8, 4) is 0 Å². The van der Waals surface area contributed by atoms with Gasteiger partial charge in [-0.25, -0.2) is 0 Å². The summed E-state index contributed by atoms with van der Waals surface area (Å²) in [6.07, 6.45) is 4.99. The predicted molar refractivity (Wildman–Crippen MR) is 49.4 cm³/mol. The summed E-state index contributed by atoms with van der Waals surface area (Å²) in [5.74, 6) is 1.71. The fourth-order valence-corrected chi connectivity index (χ4v) is 2.09. The Balaban J connectivity index is 2.46. The Hall–Kier alpha value is -0.0400. The lowest BCUT2D eigenvalue weighted by Crippen LogP contribution is -2.36. The van der Waals surface area contributed by atoms with E-state index >= 15 is 0 Å². The molecular weight excluding hydrogens is 134 g/mol. The topological polar surface area (TPSA) is 26.0 Å². The van der Waals surface area contributed by atoms with Crippen LogP contribution >= 0.6 is 0 Å². The highest BCUT2D eigenvalue weighted by molar-refractivity contribution is 4.92. The van der Waals surface area contributed by atoms with Crippen molar-refractivity contribution in [1.82, 2.24) is 0 Å². The second-order valence-corrected chi connectivity index (χ2v) is 4.46. The molecule has 0 bridgehead atoms. The molecule has 0 amide bonds. The molecule has 1 fully saturated rings. The summed E-state index contributed by atoms with van der Waals surface area (Å²) in [6.45, 7) is 6.83. The molecule has 1 heteroatoms. The lowest BCUT2D eigenvalue weighted by atomic mass is 9.89. The van der Waals surface area contributed by atoms with E-state index in [-0.39, 0.29) is 5.54 Å². The van der Waals surface area contributed by atoms with E-state index in [0.717, 1.165) is 18.3 Å². The molecule has 0 aromatic rings. The van der Waals surface area contributed by atoms with E-state index in [1.807, 2.05) is 0 Å². The third-order valence-corrected chi connectivity index (χ3v) is 3.33. The molecule has 0 aromatic heterocycles. The van der Waals surface area contributed by atoms with Crippen LogP contribution in [0.5, 0.6) is 0 Å². The maximum absolute atomic E-state index is 6.19. The van der Waals surface area contributed by atoms with Gasteiger partial charge in [0.25, 0.3) is 0 Å². The van der Waals surface area contributed by atoms with Crippen LogP contribution < -0.4 is 5.73 Å². The van der Waals surface area contributed by atoms with Gasteiger partial charge in [0.15, 0.2) is 0 Å². The molecule has 11 heavy (non-hydrogen) atoms. The van der Waals surface area contributed by atoms with Gasteiger partial charge < -0.3 is 5.73 Å². The van der Waals surface area contributed by atoms with Gasteiger partial charge in [0.05, 0.1) is 0 Å². The highest BCUT2D eigenvalue weighted by atomic mass is 14.8. The Morgan fingerprint density at radius 3 is 2.45 bits per heavy atom. The van der Waals surface area contributed by atoms with Gasteiger partial charge >= 0.3 is 0 Å². The Morgan fingerprint density at radius 2 is 2.18 bits per heavy atom. The van der Waals surface area contributed by atoms with Crippen LogP contribution in [-0.2, 0) is 0 Å². The third kappa shape index (κ3) is 1.96. The highest BCUT2D eigenvalue weighted by Gasteiger charge is 2.34. The summed E-state index contributed by atoms with van der Waals surface area (Å²) >= 11 is 0. The number of rotatable bonds is 2. The zero-order valence-corrected chi connectivity index (χ0v) is 8.06. The smallest absolute Gasteiger partial charge is 0.0154 e. The Morgan fingerprint density at radius 1 is 1.55 bits per heavy atom. The first-order chi connectivity index (χ1) is 5.07. The maximum Gasteiger partial charge on any atom is 0.0154 e. The van der Waals surface area contributed by atoms with Crippen molar-refractivity contribution in [2.45, 2.75) is 52.0 Å². The van der Waals surface area contributed by atoms with Gasteiger partial charge in [-0.2, -0.15) is 0 Å². The Kier molecular flexibility index (Phi) is 2.58. The Labute approximate surface area is 70.4 Å². The van der Waals surface area contributed by atoms with E-state index in [1.54, 1.807) is 0 Å². The average Bonchev–Trinajstić information content (AvgIpc) is 2.33. The van der Waals surface area contributed by atoms with Crippen LogP contribution in [0.4, 0.5) is 0 Å². The van der Waals surface area contributed by atoms with E-state index in [0.29, 0.717) is 0 Å². The van der Waals surface area contributed by atoms with E-state index in [9.17, 15) is 0 Å². The van der Waals surface area contributed by atoms with Gasteiger partial charge in [-0.05, 0) is 37.5 Å². The summed E-state index contributed by atoms with van der Waals surface area (Å²) in [5, 5.41) is 0. The predicted octanol–water partition coefficient (Wildman–Crippen LogP) is 2.55. The first-order valence-electron chi connectivity index (χ1n) is 4.86. The second kappa shape index (κ2) is 3.14. The largest absolute Gasteiger partial charge is 0.325 e. The van der Waals surface area contributed by atoms with E-state index in [1.165, 1.54) is 19.3 Å².